The Morgan fingerprint density at radius 1 is 1.11 bits per heavy atom. The van der Waals surface area contributed by atoms with Gasteiger partial charge in [-0.2, -0.15) is 0 Å². The van der Waals surface area contributed by atoms with E-state index in [0.717, 1.165) is 0 Å². The molecule has 8 nitrogen and oxygen atoms in total. The summed E-state index contributed by atoms with van der Waals surface area (Å²) in [5.74, 6) is 0.188. The third-order valence-corrected chi connectivity index (χ3v) is 5.43. The molecule has 2 fully saturated rings. The predicted molar refractivity (Wildman–Crippen MR) is 102 cm³/mol. The van der Waals surface area contributed by atoms with Crippen molar-refractivity contribution in [2.75, 3.05) is 32.7 Å². The second kappa shape index (κ2) is 8.77. The Labute approximate surface area is 165 Å². The molecular formula is C20H29N3O5. The van der Waals surface area contributed by atoms with Crippen molar-refractivity contribution >= 4 is 17.7 Å². The molecule has 0 aromatic carbocycles. The van der Waals surface area contributed by atoms with Crippen molar-refractivity contribution in [2.45, 2.75) is 45.8 Å². The molecule has 2 aliphatic rings. The molecule has 1 N–H and O–H groups in total. The van der Waals surface area contributed by atoms with Gasteiger partial charge < -0.3 is 24.3 Å². The topological polar surface area (TPSA) is 92.1 Å². The summed E-state index contributed by atoms with van der Waals surface area (Å²) in [7, 11) is 0. The van der Waals surface area contributed by atoms with Crippen LogP contribution in [0.4, 0.5) is 0 Å². The second-order valence-corrected chi connectivity index (χ2v) is 7.73. The number of hydrogen-bond acceptors (Lipinski definition) is 5. The minimum Gasteiger partial charge on any atom is -0.469 e. The summed E-state index contributed by atoms with van der Waals surface area (Å²) in [5, 5.41) is 2.64. The highest BCUT2D eigenvalue weighted by molar-refractivity contribution is 5.97. The van der Waals surface area contributed by atoms with Gasteiger partial charge in [-0.25, -0.2) is 0 Å². The number of piperidine rings is 1. The van der Waals surface area contributed by atoms with E-state index in [-0.39, 0.29) is 42.4 Å². The molecule has 0 spiro atoms. The van der Waals surface area contributed by atoms with Crippen molar-refractivity contribution in [1.82, 2.24) is 15.1 Å². The van der Waals surface area contributed by atoms with Crippen LogP contribution < -0.4 is 5.32 Å². The van der Waals surface area contributed by atoms with Crippen LogP contribution >= 0.6 is 0 Å². The maximum absolute atomic E-state index is 12.8. The monoisotopic (exact) mass is 391 g/mol. The third kappa shape index (κ3) is 4.73. The second-order valence-electron chi connectivity index (χ2n) is 7.73. The summed E-state index contributed by atoms with van der Waals surface area (Å²) in [6.45, 7) is 7.93. The van der Waals surface area contributed by atoms with E-state index in [2.05, 4.69) is 5.32 Å². The Morgan fingerprint density at radius 3 is 2.32 bits per heavy atom. The number of nitrogens with one attached hydrogen (secondary N) is 1. The lowest BCUT2D eigenvalue weighted by atomic mass is 9.94. The van der Waals surface area contributed by atoms with Gasteiger partial charge in [0.25, 0.3) is 5.91 Å². The average molecular weight is 391 g/mol. The van der Waals surface area contributed by atoms with E-state index in [0.29, 0.717) is 50.3 Å². The molecule has 8 heteroatoms. The van der Waals surface area contributed by atoms with Crippen LogP contribution in [0.25, 0.3) is 0 Å². The van der Waals surface area contributed by atoms with Crippen LogP contribution in [0.1, 0.15) is 42.8 Å². The zero-order chi connectivity index (χ0) is 20.3. The maximum atomic E-state index is 12.8. The van der Waals surface area contributed by atoms with Crippen LogP contribution in [-0.4, -0.2) is 72.5 Å². The minimum absolute atomic E-state index is 0.0512. The van der Waals surface area contributed by atoms with E-state index in [9.17, 15) is 14.4 Å². The summed E-state index contributed by atoms with van der Waals surface area (Å²) in [6, 6.07) is 1.58. The lowest BCUT2D eigenvalue weighted by Crippen LogP contribution is -2.52. The van der Waals surface area contributed by atoms with Crippen molar-refractivity contribution in [2.24, 2.45) is 5.92 Å². The van der Waals surface area contributed by atoms with Gasteiger partial charge in [0.15, 0.2) is 0 Å². The molecule has 0 saturated carbocycles. The van der Waals surface area contributed by atoms with E-state index < -0.39 is 0 Å². The molecule has 3 rings (SSSR count). The number of hydrogen-bond donors (Lipinski definition) is 1. The number of amides is 3. The van der Waals surface area contributed by atoms with Gasteiger partial charge in [-0.1, -0.05) is 0 Å². The lowest BCUT2D eigenvalue weighted by molar-refractivity contribution is -0.150. The smallest absolute Gasteiger partial charge is 0.255 e. The number of morpholine rings is 1. The molecule has 2 aliphatic heterocycles. The van der Waals surface area contributed by atoms with Crippen molar-refractivity contribution in [3.8, 4) is 0 Å². The fraction of sp³-hybridized carbons (Fsp3) is 0.650. The van der Waals surface area contributed by atoms with Gasteiger partial charge in [-0.05, 0) is 39.7 Å². The highest BCUT2D eigenvalue weighted by atomic mass is 16.5. The number of ether oxygens (including phenoxy) is 1. The number of carbonyl (C=O) groups excluding carboxylic acids is 3. The van der Waals surface area contributed by atoms with Gasteiger partial charge in [-0.15, -0.1) is 0 Å². The Bertz CT molecular complexity index is 713. The van der Waals surface area contributed by atoms with Gasteiger partial charge in [0.1, 0.15) is 5.76 Å². The Balaban J connectivity index is 1.44. The summed E-state index contributed by atoms with van der Waals surface area (Å²) in [5.41, 5.74) is 0.436. The highest BCUT2D eigenvalue weighted by Crippen LogP contribution is 2.22. The molecule has 28 heavy (non-hydrogen) atoms. The van der Waals surface area contributed by atoms with Gasteiger partial charge in [0, 0.05) is 32.1 Å². The van der Waals surface area contributed by atoms with Gasteiger partial charge >= 0.3 is 0 Å². The fourth-order valence-corrected chi connectivity index (χ4v) is 3.98. The lowest BCUT2D eigenvalue weighted by Gasteiger charge is -2.39. The largest absolute Gasteiger partial charge is 0.469 e. The van der Waals surface area contributed by atoms with Crippen LogP contribution in [0, 0.1) is 12.8 Å². The van der Waals surface area contributed by atoms with E-state index >= 15 is 0 Å². The molecule has 0 radical (unpaired) electrons. The Hall–Kier alpha value is -2.35. The van der Waals surface area contributed by atoms with E-state index in [1.54, 1.807) is 17.9 Å². The molecule has 2 saturated heterocycles. The first-order chi connectivity index (χ1) is 13.3. The quantitative estimate of drug-likeness (QED) is 0.832. The van der Waals surface area contributed by atoms with E-state index in [1.165, 1.54) is 6.26 Å². The van der Waals surface area contributed by atoms with Crippen LogP contribution in [-0.2, 0) is 14.3 Å². The highest BCUT2D eigenvalue weighted by Gasteiger charge is 2.33. The molecular weight excluding hydrogens is 362 g/mol. The third-order valence-electron chi connectivity index (χ3n) is 5.43. The molecule has 1 aromatic rings. The van der Waals surface area contributed by atoms with Crippen LogP contribution in [0.15, 0.2) is 16.7 Å². The molecule has 0 aliphatic carbocycles. The average Bonchev–Trinajstić information content (AvgIpc) is 3.10. The van der Waals surface area contributed by atoms with Gasteiger partial charge in [0.2, 0.25) is 11.8 Å². The number of rotatable bonds is 4. The number of likely N-dealkylation sites (tertiary alicyclic amines) is 1. The van der Waals surface area contributed by atoms with Crippen molar-refractivity contribution < 1.29 is 23.5 Å². The molecule has 154 valence electrons. The number of furan rings is 1. The summed E-state index contributed by atoms with van der Waals surface area (Å²) >= 11 is 0. The van der Waals surface area contributed by atoms with E-state index in [4.69, 9.17) is 9.15 Å². The first-order valence-electron chi connectivity index (χ1n) is 9.89. The van der Waals surface area contributed by atoms with Crippen molar-refractivity contribution in [3.63, 3.8) is 0 Å². The molecule has 1 aromatic heterocycles. The number of carbonyl (C=O) groups is 3. The standard InChI is InChI=1S/C20H29N3O5/c1-13-11-23(12-14(2)28-13)20(26)16-4-7-22(8-5-16)18(24)10-21-19(25)17-6-9-27-15(17)3/h6,9,13-14,16H,4-5,7-8,10-12H2,1-3H3,(H,21,25). The summed E-state index contributed by atoms with van der Waals surface area (Å²) in [4.78, 5) is 40.9. The Morgan fingerprint density at radius 2 is 1.75 bits per heavy atom. The SMILES string of the molecule is Cc1occc1C(=O)NCC(=O)N1CCC(C(=O)N2CC(C)OC(C)C2)CC1. The normalized spacial score (nSPS) is 23.5. The summed E-state index contributed by atoms with van der Waals surface area (Å²) in [6.07, 6.45) is 2.86. The zero-order valence-corrected chi connectivity index (χ0v) is 16.8. The Kier molecular flexibility index (Phi) is 6.39. The predicted octanol–water partition coefficient (Wildman–Crippen LogP) is 1.19. The fourth-order valence-electron chi connectivity index (χ4n) is 3.98. The molecule has 0 bridgehead atoms. The number of nitrogens with zero attached hydrogens (tertiary/aromatic N) is 2. The van der Waals surface area contributed by atoms with Crippen molar-refractivity contribution in [3.05, 3.63) is 23.7 Å². The molecule has 3 amide bonds. The van der Waals surface area contributed by atoms with E-state index in [1.807, 2.05) is 18.7 Å². The zero-order valence-electron chi connectivity index (χ0n) is 16.8. The van der Waals surface area contributed by atoms with Crippen LogP contribution in [0.5, 0.6) is 0 Å². The van der Waals surface area contributed by atoms with Gasteiger partial charge in [0.05, 0.1) is 30.6 Å². The minimum atomic E-state index is -0.319. The molecule has 2 unspecified atom stereocenters. The van der Waals surface area contributed by atoms with Crippen LogP contribution in [0.3, 0.4) is 0 Å². The first-order valence-corrected chi connectivity index (χ1v) is 9.89. The van der Waals surface area contributed by atoms with Crippen molar-refractivity contribution in [1.29, 1.82) is 0 Å². The molecule has 2 atom stereocenters. The summed E-state index contributed by atoms with van der Waals surface area (Å²) < 4.78 is 10.8. The molecule has 3 heterocycles. The van der Waals surface area contributed by atoms with Crippen LogP contribution in [0.2, 0.25) is 0 Å². The maximum Gasteiger partial charge on any atom is 0.255 e. The first kappa shape index (κ1) is 20.4. The number of aryl methyl sites for hydroxylation is 1. The van der Waals surface area contributed by atoms with Gasteiger partial charge in [-0.3, -0.25) is 14.4 Å².